The van der Waals surface area contributed by atoms with Gasteiger partial charge in [0.05, 0.1) is 0 Å². The van der Waals surface area contributed by atoms with Crippen molar-refractivity contribution in [3.63, 3.8) is 0 Å². The van der Waals surface area contributed by atoms with Crippen molar-refractivity contribution in [2.45, 2.75) is 58.3 Å². The highest BCUT2D eigenvalue weighted by atomic mass is 35.5. The summed E-state index contributed by atoms with van der Waals surface area (Å²) in [6.45, 7) is 5.31. The van der Waals surface area contributed by atoms with Crippen LogP contribution in [0, 0.1) is 12.7 Å². The molecule has 2 aromatic heterocycles. The number of methoxy groups -OCH3 is 1. The van der Waals surface area contributed by atoms with E-state index in [0.29, 0.717) is 27.4 Å². The molecule has 0 bridgehead atoms. The molecule has 1 unspecified atom stereocenters. The van der Waals surface area contributed by atoms with Gasteiger partial charge in [-0.25, -0.2) is 9.37 Å². The molecule has 1 atom stereocenters. The number of thiophene rings is 1. The molecule has 1 aliphatic carbocycles. The van der Waals surface area contributed by atoms with Crippen LogP contribution in [0.3, 0.4) is 0 Å². The molecule has 164 valence electrons. The van der Waals surface area contributed by atoms with Crippen LogP contribution in [0.4, 0.5) is 4.39 Å². The van der Waals surface area contributed by atoms with E-state index < -0.39 is 17.7 Å². The Balaban J connectivity index is 2.07. The van der Waals surface area contributed by atoms with E-state index in [9.17, 15) is 4.79 Å². The molecule has 7 heteroatoms. The average molecular weight is 462 g/mol. The Labute approximate surface area is 190 Å². The lowest BCUT2D eigenvalue weighted by molar-refractivity contribution is -0.220. The first kappa shape index (κ1) is 22.3. The molecule has 3 aromatic rings. The van der Waals surface area contributed by atoms with E-state index in [-0.39, 0.29) is 0 Å². The zero-order valence-electron chi connectivity index (χ0n) is 18.1. The Morgan fingerprint density at radius 3 is 2.71 bits per heavy atom. The summed E-state index contributed by atoms with van der Waals surface area (Å²) in [6.07, 6.45) is 3.89. The number of halogens is 2. The van der Waals surface area contributed by atoms with Crippen molar-refractivity contribution < 1.29 is 18.7 Å². The number of aldehydes is 1. The minimum Gasteiger partial charge on any atom is -0.354 e. The van der Waals surface area contributed by atoms with E-state index in [4.69, 9.17) is 26.1 Å². The maximum absolute atomic E-state index is 15.2. The summed E-state index contributed by atoms with van der Waals surface area (Å²) in [5, 5.41) is 1.24. The number of aryl methyl sites for hydroxylation is 3. The lowest BCUT2D eigenvalue weighted by Crippen LogP contribution is -2.30. The monoisotopic (exact) mass is 461 g/mol. The third kappa shape index (κ3) is 4.14. The number of nitrogens with zero attached hydrogens (tertiary/aromatic N) is 1. The quantitative estimate of drug-likeness (QED) is 0.307. The van der Waals surface area contributed by atoms with Crippen LogP contribution in [0.5, 0.6) is 0 Å². The topological polar surface area (TPSA) is 48.4 Å². The van der Waals surface area contributed by atoms with Crippen LogP contribution >= 0.6 is 22.9 Å². The molecule has 0 fully saturated rings. The first-order valence-corrected chi connectivity index (χ1v) is 11.5. The summed E-state index contributed by atoms with van der Waals surface area (Å²) in [6, 6.07) is 4.64. The van der Waals surface area contributed by atoms with Gasteiger partial charge in [-0.3, -0.25) is 0 Å². The zero-order chi connectivity index (χ0) is 22.3. The fraction of sp³-hybridized carbons (Fsp3) is 0.417. The number of aromatic nitrogens is 1. The van der Waals surface area contributed by atoms with Gasteiger partial charge in [-0.15, -0.1) is 11.3 Å². The average Bonchev–Trinajstić information content (AvgIpc) is 3.09. The van der Waals surface area contributed by atoms with E-state index >= 15 is 4.39 Å². The van der Waals surface area contributed by atoms with Gasteiger partial charge in [0.2, 0.25) is 0 Å². The normalized spacial score (nSPS) is 15.2. The first-order chi connectivity index (χ1) is 14.8. The van der Waals surface area contributed by atoms with E-state index in [1.54, 1.807) is 37.3 Å². The number of ether oxygens (including phenoxy) is 2. The van der Waals surface area contributed by atoms with Crippen molar-refractivity contribution in [2.24, 2.45) is 0 Å². The zero-order valence-corrected chi connectivity index (χ0v) is 19.6. The Kier molecular flexibility index (Phi) is 6.19. The minimum absolute atomic E-state index is 0.320. The summed E-state index contributed by atoms with van der Waals surface area (Å²) >= 11 is 7.70. The standard InChI is InChI=1S/C24H25ClFNO3S/c1-13-20(18(12-28)30-24(2,3)29-4)21(15-10-9-14(25)11-17(15)26)22-16-7-5-6-8-19(16)31-23(22)27-13/h9-12,18H,5-8H2,1-4H3. The number of fused-ring (bicyclic) bond motifs is 3. The van der Waals surface area contributed by atoms with Crippen LogP contribution < -0.4 is 0 Å². The van der Waals surface area contributed by atoms with Crippen LogP contribution in [-0.2, 0) is 27.1 Å². The van der Waals surface area contributed by atoms with Gasteiger partial charge in [0.15, 0.2) is 12.1 Å². The van der Waals surface area contributed by atoms with Gasteiger partial charge in [-0.05, 0) is 70.2 Å². The molecule has 31 heavy (non-hydrogen) atoms. The molecule has 0 spiro atoms. The molecule has 0 N–H and O–H groups in total. The summed E-state index contributed by atoms with van der Waals surface area (Å²) in [5.41, 5.74) is 3.48. The summed E-state index contributed by atoms with van der Waals surface area (Å²) < 4.78 is 26.6. The summed E-state index contributed by atoms with van der Waals surface area (Å²) in [7, 11) is 1.52. The van der Waals surface area contributed by atoms with Gasteiger partial charge in [0.1, 0.15) is 16.8 Å². The van der Waals surface area contributed by atoms with Gasteiger partial charge in [-0.1, -0.05) is 11.6 Å². The molecule has 1 aliphatic rings. The molecular weight excluding hydrogens is 437 g/mol. The van der Waals surface area contributed by atoms with E-state index in [0.717, 1.165) is 42.2 Å². The largest absolute Gasteiger partial charge is 0.354 e. The number of rotatable bonds is 6. The lowest BCUT2D eigenvalue weighted by atomic mass is 9.88. The second kappa shape index (κ2) is 8.58. The predicted molar refractivity (Wildman–Crippen MR) is 122 cm³/mol. The molecule has 0 saturated carbocycles. The van der Waals surface area contributed by atoms with Gasteiger partial charge in [0.25, 0.3) is 0 Å². The van der Waals surface area contributed by atoms with Gasteiger partial charge >= 0.3 is 0 Å². The highest BCUT2D eigenvalue weighted by molar-refractivity contribution is 7.19. The van der Waals surface area contributed by atoms with Gasteiger partial charge < -0.3 is 14.3 Å². The predicted octanol–water partition coefficient (Wildman–Crippen LogP) is 6.58. The number of hydrogen-bond acceptors (Lipinski definition) is 5. The number of hydrogen-bond donors (Lipinski definition) is 0. The fourth-order valence-electron chi connectivity index (χ4n) is 4.24. The van der Waals surface area contributed by atoms with E-state index in [1.165, 1.54) is 23.6 Å². The molecule has 4 nitrogen and oxygen atoms in total. The van der Waals surface area contributed by atoms with E-state index in [2.05, 4.69) is 0 Å². The van der Waals surface area contributed by atoms with Crippen molar-refractivity contribution in [3.8, 4) is 11.1 Å². The van der Waals surface area contributed by atoms with Crippen LogP contribution in [0.2, 0.25) is 5.02 Å². The molecule has 0 amide bonds. The highest BCUT2D eigenvalue weighted by Crippen LogP contribution is 2.46. The molecule has 0 saturated heterocycles. The molecule has 1 aromatic carbocycles. The number of carbonyl (C=O) groups excluding carboxylic acids is 1. The Morgan fingerprint density at radius 1 is 1.29 bits per heavy atom. The molecule has 0 radical (unpaired) electrons. The highest BCUT2D eigenvalue weighted by Gasteiger charge is 2.32. The van der Waals surface area contributed by atoms with Crippen molar-refractivity contribution in [1.29, 1.82) is 0 Å². The maximum Gasteiger partial charge on any atom is 0.163 e. The maximum atomic E-state index is 15.2. The summed E-state index contributed by atoms with van der Waals surface area (Å²) in [5.74, 6) is -1.44. The van der Waals surface area contributed by atoms with Crippen molar-refractivity contribution in [1.82, 2.24) is 4.98 Å². The molecule has 4 rings (SSSR count). The summed E-state index contributed by atoms with van der Waals surface area (Å²) in [4.78, 5) is 19.2. The van der Waals surface area contributed by atoms with Crippen molar-refractivity contribution in [2.75, 3.05) is 7.11 Å². The molecule has 0 aliphatic heterocycles. The van der Waals surface area contributed by atoms with Crippen LogP contribution in [0.1, 0.15) is 54.5 Å². The Hall–Kier alpha value is -1.86. The van der Waals surface area contributed by atoms with Crippen molar-refractivity contribution in [3.05, 3.63) is 50.7 Å². The number of carbonyl (C=O) groups is 1. The molecular formula is C24H25ClFNO3S. The van der Waals surface area contributed by atoms with Crippen LogP contribution in [0.15, 0.2) is 18.2 Å². The smallest absolute Gasteiger partial charge is 0.163 e. The Bertz CT molecular complexity index is 1160. The second-order valence-electron chi connectivity index (χ2n) is 8.28. The lowest BCUT2D eigenvalue weighted by Gasteiger charge is -2.29. The van der Waals surface area contributed by atoms with Crippen molar-refractivity contribution >= 4 is 39.4 Å². The van der Waals surface area contributed by atoms with Crippen LogP contribution in [0.25, 0.3) is 21.3 Å². The number of pyridine rings is 1. The van der Waals surface area contributed by atoms with Gasteiger partial charge in [0, 0.05) is 44.8 Å². The number of benzene rings is 1. The third-order valence-corrected chi connectivity index (χ3v) is 7.26. The SMILES string of the molecule is COC(C)(C)OC(C=O)c1c(C)nc2sc3c(c2c1-c1ccc(Cl)cc1F)CCCC3. The molecule has 2 heterocycles. The third-order valence-electron chi connectivity index (χ3n) is 5.84. The minimum atomic E-state index is -1.00. The van der Waals surface area contributed by atoms with E-state index in [1.807, 2.05) is 6.92 Å². The Morgan fingerprint density at radius 2 is 2.03 bits per heavy atom. The van der Waals surface area contributed by atoms with Gasteiger partial charge in [-0.2, -0.15) is 0 Å². The first-order valence-electron chi connectivity index (χ1n) is 10.3. The van der Waals surface area contributed by atoms with Crippen LogP contribution in [-0.4, -0.2) is 24.2 Å². The second-order valence-corrected chi connectivity index (χ2v) is 9.80. The fourth-order valence-corrected chi connectivity index (χ4v) is 5.72.